The lowest BCUT2D eigenvalue weighted by Crippen LogP contribution is -2.31. The molecule has 11 heavy (non-hydrogen) atoms. The molecule has 0 saturated heterocycles. The molecule has 1 aliphatic rings. The van der Waals surface area contributed by atoms with E-state index < -0.39 is 0 Å². The van der Waals surface area contributed by atoms with Gasteiger partial charge in [0.1, 0.15) is 0 Å². The number of thioether (sulfide) groups is 1. The molecule has 0 aliphatic heterocycles. The molecule has 1 rings (SSSR count). The van der Waals surface area contributed by atoms with Gasteiger partial charge in [0.2, 0.25) is 0 Å². The smallest absolute Gasteiger partial charge is 0.186 e. The van der Waals surface area contributed by atoms with Crippen molar-refractivity contribution in [2.75, 3.05) is 0 Å². The highest BCUT2D eigenvalue weighted by Crippen LogP contribution is 2.41. The van der Waals surface area contributed by atoms with Gasteiger partial charge in [-0.25, -0.2) is 0 Å². The third kappa shape index (κ3) is 1.97. The molecule has 0 heterocycles. The maximum absolute atomic E-state index is 10.8. The molecular formula is C8H14O2S. The van der Waals surface area contributed by atoms with Crippen molar-refractivity contribution in [3.05, 3.63) is 0 Å². The second kappa shape index (κ2) is 3.15. The average molecular weight is 174 g/mol. The molecule has 0 unspecified atom stereocenters. The van der Waals surface area contributed by atoms with Crippen molar-refractivity contribution < 1.29 is 9.90 Å². The second-order valence-electron chi connectivity index (χ2n) is 3.31. The van der Waals surface area contributed by atoms with E-state index in [1.54, 1.807) is 6.92 Å². The molecule has 1 fully saturated rings. The van der Waals surface area contributed by atoms with Gasteiger partial charge in [0, 0.05) is 11.7 Å². The van der Waals surface area contributed by atoms with E-state index >= 15 is 0 Å². The molecule has 1 saturated carbocycles. The van der Waals surface area contributed by atoms with E-state index in [2.05, 4.69) is 0 Å². The normalized spacial score (nSPS) is 37.5. The van der Waals surface area contributed by atoms with Gasteiger partial charge in [0.15, 0.2) is 5.12 Å². The number of aliphatic hydroxyl groups is 1. The van der Waals surface area contributed by atoms with Crippen LogP contribution in [0.25, 0.3) is 0 Å². The molecule has 64 valence electrons. The first kappa shape index (κ1) is 9.07. The van der Waals surface area contributed by atoms with Crippen LogP contribution in [-0.4, -0.2) is 21.1 Å². The van der Waals surface area contributed by atoms with Crippen LogP contribution in [0.1, 0.15) is 33.1 Å². The number of hydrogen-bond acceptors (Lipinski definition) is 3. The standard InChI is InChI=1S/C8H14O2S/c1-6(9)11-8(2)5-3-4-7(8)10/h7,10H,3-5H2,1-2H3/t7-,8-/m0/s1. The van der Waals surface area contributed by atoms with E-state index in [9.17, 15) is 9.90 Å². The zero-order valence-electron chi connectivity index (χ0n) is 6.96. The first-order chi connectivity index (χ1) is 5.04. The Labute approximate surface area is 71.4 Å². The van der Waals surface area contributed by atoms with Crippen molar-refractivity contribution in [3.63, 3.8) is 0 Å². The SMILES string of the molecule is CC(=O)S[C@@]1(C)CCC[C@@H]1O. The van der Waals surface area contributed by atoms with Gasteiger partial charge in [0.25, 0.3) is 0 Å². The van der Waals surface area contributed by atoms with E-state index in [-0.39, 0.29) is 16.0 Å². The summed E-state index contributed by atoms with van der Waals surface area (Å²) in [5.41, 5.74) is 0. The van der Waals surface area contributed by atoms with Crippen LogP contribution in [0.15, 0.2) is 0 Å². The topological polar surface area (TPSA) is 37.3 Å². The van der Waals surface area contributed by atoms with Crippen LogP contribution in [0.2, 0.25) is 0 Å². The monoisotopic (exact) mass is 174 g/mol. The van der Waals surface area contributed by atoms with Crippen LogP contribution in [0.5, 0.6) is 0 Å². The lowest BCUT2D eigenvalue weighted by molar-refractivity contribution is -0.109. The van der Waals surface area contributed by atoms with Crippen molar-refractivity contribution in [1.82, 2.24) is 0 Å². The minimum Gasteiger partial charge on any atom is -0.392 e. The highest BCUT2D eigenvalue weighted by Gasteiger charge is 2.39. The molecule has 0 radical (unpaired) electrons. The number of hydrogen-bond donors (Lipinski definition) is 1. The summed E-state index contributed by atoms with van der Waals surface area (Å²) >= 11 is 1.28. The molecule has 0 aromatic carbocycles. The second-order valence-corrected chi connectivity index (χ2v) is 5.03. The first-order valence-electron chi connectivity index (χ1n) is 3.92. The predicted octanol–water partition coefficient (Wildman–Crippen LogP) is 1.57. The van der Waals surface area contributed by atoms with Crippen LogP contribution in [0.3, 0.4) is 0 Å². The highest BCUT2D eigenvalue weighted by atomic mass is 32.2. The van der Waals surface area contributed by atoms with Crippen molar-refractivity contribution >= 4 is 16.9 Å². The van der Waals surface area contributed by atoms with Crippen LogP contribution in [0.4, 0.5) is 0 Å². The van der Waals surface area contributed by atoms with Crippen molar-refractivity contribution in [3.8, 4) is 0 Å². The Morgan fingerprint density at radius 2 is 2.36 bits per heavy atom. The van der Waals surface area contributed by atoms with Crippen molar-refractivity contribution in [2.45, 2.75) is 44.0 Å². The van der Waals surface area contributed by atoms with Gasteiger partial charge in [-0.1, -0.05) is 11.8 Å². The van der Waals surface area contributed by atoms with E-state index in [4.69, 9.17) is 0 Å². The van der Waals surface area contributed by atoms with Crippen molar-refractivity contribution in [1.29, 1.82) is 0 Å². The van der Waals surface area contributed by atoms with Gasteiger partial charge in [-0.05, 0) is 26.2 Å². The Morgan fingerprint density at radius 1 is 1.73 bits per heavy atom. The molecule has 2 atom stereocenters. The summed E-state index contributed by atoms with van der Waals surface area (Å²) < 4.78 is -0.203. The molecule has 1 aliphatic carbocycles. The number of rotatable bonds is 1. The first-order valence-corrected chi connectivity index (χ1v) is 4.74. The maximum Gasteiger partial charge on any atom is 0.186 e. The minimum atomic E-state index is -0.295. The summed E-state index contributed by atoms with van der Waals surface area (Å²) in [5.74, 6) is 0. The molecule has 0 amide bonds. The van der Waals surface area contributed by atoms with E-state index in [1.165, 1.54) is 11.8 Å². The molecule has 3 heteroatoms. The van der Waals surface area contributed by atoms with Gasteiger partial charge in [-0.2, -0.15) is 0 Å². The summed E-state index contributed by atoms with van der Waals surface area (Å²) in [6, 6.07) is 0. The Kier molecular flexibility index (Phi) is 2.60. The molecule has 0 bridgehead atoms. The summed E-state index contributed by atoms with van der Waals surface area (Å²) in [6.07, 6.45) is 2.55. The Morgan fingerprint density at radius 3 is 2.73 bits per heavy atom. The van der Waals surface area contributed by atoms with E-state index in [0.29, 0.717) is 0 Å². The van der Waals surface area contributed by atoms with Gasteiger partial charge >= 0.3 is 0 Å². The number of aliphatic hydroxyl groups excluding tert-OH is 1. The fourth-order valence-electron chi connectivity index (χ4n) is 1.57. The molecular weight excluding hydrogens is 160 g/mol. The molecule has 0 aromatic heterocycles. The van der Waals surface area contributed by atoms with Crippen LogP contribution >= 0.6 is 11.8 Å². The summed E-state index contributed by atoms with van der Waals surface area (Å²) in [6.45, 7) is 3.53. The Balaban J connectivity index is 2.58. The Hall–Kier alpha value is -0.0200. The molecule has 2 nitrogen and oxygen atoms in total. The fraction of sp³-hybridized carbons (Fsp3) is 0.875. The van der Waals surface area contributed by atoms with Crippen molar-refractivity contribution in [2.24, 2.45) is 0 Å². The third-order valence-electron chi connectivity index (χ3n) is 2.23. The largest absolute Gasteiger partial charge is 0.392 e. The Bertz CT molecular complexity index is 169. The van der Waals surface area contributed by atoms with Crippen LogP contribution in [-0.2, 0) is 4.79 Å². The fourth-order valence-corrected chi connectivity index (χ4v) is 2.72. The number of carbonyl (C=O) groups is 1. The molecule has 0 aromatic rings. The molecule has 1 N–H and O–H groups in total. The van der Waals surface area contributed by atoms with Crippen LogP contribution < -0.4 is 0 Å². The predicted molar refractivity (Wildman–Crippen MR) is 46.5 cm³/mol. The summed E-state index contributed by atoms with van der Waals surface area (Å²) in [4.78, 5) is 10.8. The maximum atomic E-state index is 10.8. The van der Waals surface area contributed by atoms with Crippen LogP contribution in [0, 0.1) is 0 Å². The lowest BCUT2D eigenvalue weighted by atomic mass is 10.1. The van der Waals surface area contributed by atoms with E-state index in [0.717, 1.165) is 19.3 Å². The average Bonchev–Trinajstić information content (AvgIpc) is 2.11. The summed E-state index contributed by atoms with van der Waals surface area (Å²) in [5, 5.41) is 9.63. The summed E-state index contributed by atoms with van der Waals surface area (Å²) in [7, 11) is 0. The zero-order valence-corrected chi connectivity index (χ0v) is 7.78. The van der Waals surface area contributed by atoms with Gasteiger partial charge < -0.3 is 5.11 Å². The van der Waals surface area contributed by atoms with Gasteiger partial charge in [-0.3, -0.25) is 4.79 Å². The molecule has 0 spiro atoms. The van der Waals surface area contributed by atoms with E-state index in [1.807, 2.05) is 6.92 Å². The highest BCUT2D eigenvalue weighted by molar-refractivity contribution is 8.14. The number of carbonyl (C=O) groups excluding carboxylic acids is 1. The quantitative estimate of drug-likeness (QED) is 0.655. The third-order valence-corrected chi connectivity index (χ3v) is 3.46. The minimum absolute atomic E-state index is 0.105. The van der Waals surface area contributed by atoms with Gasteiger partial charge in [0.05, 0.1) is 6.10 Å². The van der Waals surface area contributed by atoms with Gasteiger partial charge in [-0.15, -0.1) is 0 Å². The lowest BCUT2D eigenvalue weighted by Gasteiger charge is -2.25. The zero-order chi connectivity index (χ0) is 8.48.